The first-order valence-corrected chi connectivity index (χ1v) is 12.9. The summed E-state index contributed by atoms with van der Waals surface area (Å²) in [5.41, 5.74) is 12.9. The van der Waals surface area contributed by atoms with Gasteiger partial charge in [-0.05, 0) is 99.4 Å². The number of aliphatic imine (C=N–C) groups is 2. The van der Waals surface area contributed by atoms with Gasteiger partial charge in [-0.25, -0.2) is 4.99 Å². The molecule has 0 amide bonds. The number of nitrogens with one attached hydrogen (secondary N) is 1. The van der Waals surface area contributed by atoms with Crippen LogP contribution in [0.25, 0.3) is 0 Å². The number of allylic oxidation sites excluding steroid dienone is 2. The van der Waals surface area contributed by atoms with Crippen LogP contribution in [0, 0.1) is 17.2 Å². The summed E-state index contributed by atoms with van der Waals surface area (Å²) in [6, 6.07) is 4.85. The fourth-order valence-electron chi connectivity index (χ4n) is 4.97. The van der Waals surface area contributed by atoms with Gasteiger partial charge < -0.3 is 11.1 Å². The van der Waals surface area contributed by atoms with Gasteiger partial charge in [0.15, 0.2) is 0 Å². The van der Waals surface area contributed by atoms with E-state index in [2.05, 4.69) is 32.2 Å². The molecular formula is C26H36N4S. The van der Waals surface area contributed by atoms with Gasteiger partial charge >= 0.3 is 0 Å². The van der Waals surface area contributed by atoms with Crippen LogP contribution < -0.4 is 5.73 Å². The third-order valence-corrected chi connectivity index (χ3v) is 8.04. The first kappa shape index (κ1) is 22.5. The number of rotatable bonds is 6. The monoisotopic (exact) mass is 436 g/mol. The lowest BCUT2D eigenvalue weighted by atomic mass is 9.92. The zero-order chi connectivity index (χ0) is 21.8. The molecule has 4 nitrogen and oxygen atoms in total. The number of hydrogen-bond acceptors (Lipinski definition) is 5. The third-order valence-electron chi connectivity index (χ3n) is 6.91. The molecule has 0 fully saturated rings. The highest BCUT2D eigenvalue weighted by molar-refractivity contribution is 8.14. The molecule has 166 valence electrons. The number of thioether (sulfide) groups is 1. The molecule has 2 atom stereocenters. The molecule has 1 aliphatic carbocycles. The summed E-state index contributed by atoms with van der Waals surface area (Å²) in [7, 11) is 0. The normalized spacial score (nSPS) is 23.3. The van der Waals surface area contributed by atoms with E-state index in [-0.39, 0.29) is 0 Å². The predicted octanol–water partition coefficient (Wildman–Crippen LogP) is 6.11. The van der Waals surface area contributed by atoms with Gasteiger partial charge in [0.2, 0.25) is 0 Å². The van der Waals surface area contributed by atoms with Crippen LogP contribution in [0.3, 0.4) is 0 Å². The molecule has 0 spiro atoms. The van der Waals surface area contributed by atoms with Gasteiger partial charge in [-0.2, -0.15) is 0 Å². The summed E-state index contributed by atoms with van der Waals surface area (Å²) in [5.74, 6) is 0.683. The molecule has 4 rings (SSSR count). The van der Waals surface area contributed by atoms with Gasteiger partial charge in [0.1, 0.15) is 5.70 Å². The lowest BCUT2D eigenvalue weighted by molar-refractivity contribution is 0.509. The Hall–Kier alpha value is -1.72. The average Bonchev–Trinajstić information content (AvgIpc) is 3.08. The average molecular weight is 437 g/mol. The Morgan fingerprint density at radius 1 is 1.16 bits per heavy atom. The molecule has 0 bridgehead atoms. The van der Waals surface area contributed by atoms with Gasteiger partial charge in [0.05, 0.1) is 16.5 Å². The molecule has 3 N–H and O–H groups in total. The van der Waals surface area contributed by atoms with Crippen LogP contribution in [-0.4, -0.2) is 23.5 Å². The second-order valence-corrected chi connectivity index (χ2v) is 10.2. The predicted molar refractivity (Wildman–Crippen MR) is 134 cm³/mol. The van der Waals surface area contributed by atoms with E-state index in [1.165, 1.54) is 35.3 Å². The van der Waals surface area contributed by atoms with Gasteiger partial charge in [-0.1, -0.05) is 31.7 Å². The molecule has 3 aliphatic rings. The molecule has 0 saturated carbocycles. The smallest absolute Gasteiger partial charge is 0.106 e. The van der Waals surface area contributed by atoms with Crippen LogP contribution in [0.15, 0.2) is 38.4 Å². The molecule has 2 unspecified atom stereocenters. The second-order valence-electron chi connectivity index (χ2n) is 9.07. The molecule has 2 heterocycles. The van der Waals surface area contributed by atoms with Crippen LogP contribution in [0.4, 0.5) is 0 Å². The minimum Gasteiger partial charge on any atom is -0.330 e. The van der Waals surface area contributed by atoms with E-state index in [4.69, 9.17) is 21.1 Å². The third kappa shape index (κ3) is 5.04. The molecular weight excluding hydrogens is 400 g/mol. The summed E-state index contributed by atoms with van der Waals surface area (Å²) in [6.45, 7) is 5.13. The maximum absolute atomic E-state index is 8.82. The van der Waals surface area contributed by atoms with Crippen molar-refractivity contribution in [1.82, 2.24) is 0 Å². The maximum atomic E-state index is 8.82. The summed E-state index contributed by atoms with van der Waals surface area (Å²) in [6.07, 6.45) is 12.6. The molecule has 2 aliphatic heterocycles. The summed E-state index contributed by atoms with van der Waals surface area (Å²) < 4.78 is 0. The largest absolute Gasteiger partial charge is 0.330 e. The van der Waals surface area contributed by atoms with Crippen molar-refractivity contribution in [2.75, 3.05) is 6.54 Å². The van der Waals surface area contributed by atoms with Crippen molar-refractivity contribution in [3.8, 4) is 0 Å². The van der Waals surface area contributed by atoms with Crippen LogP contribution in [0.1, 0.15) is 75.5 Å². The van der Waals surface area contributed by atoms with Crippen LogP contribution in [-0.2, 0) is 19.3 Å². The zero-order valence-corrected chi connectivity index (χ0v) is 19.9. The molecule has 0 radical (unpaired) electrons. The lowest BCUT2D eigenvalue weighted by Gasteiger charge is -2.16. The lowest BCUT2D eigenvalue weighted by Crippen LogP contribution is -2.10. The quantitative estimate of drug-likeness (QED) is 0.564. The van der Waals surface area contributed by atoms with Gasteiger partial charge in [0, 0.05) is 17.0 Å². The Bertz CT molecular complexity index is 928. The second kappa shape index (κ2) is 10.3. The van der Waals surface area contributed by atoms with Crippen LogP contribution in [0.5, 0.6) is 0 Å². The summed E-state index contributed by atoms with van der Waals surface area (Å²) in [4.78, 5) is 11.4. The Balaban J connectivity index is 1.66. The van der Waals surface area contributed by atoms with Crippen molar-refractivity contribution < 1.29 is 0 Å². The van der Waals surface area contributed by atoms with E-state index >= 15 is 0 Å². The number of fused-ring (bicyclic) bond motifs is 1. The van der Waals surface area contributed by atoms with Crippen LogP contribution in [0.2, 0.25) is 0 Å². The fourth-order valence-corrected chi connectivity index (χ4v) is 6.12. The maximum Gasteiger partial charge on any atom is 0.106 e. The molecule has 1 aromatic carbocycles. The van der Waals surface area contributed by atoms with Crippen molar-refractivity contribution in [3.05, 3.63) is 40.2 Å². The Labute approximate surface area is 191 Å². The van der Waals surface area contributed by atoms with E-state index in [1.807, 2.05) is 11.8 Å². The number of hydrogen-bond donors (Lipinski definition) is 2. The Morgan fingerprint density at radius 3 is 2.71 bits per heavy atom. The van der Waals surface area contributed by atoms with Gasteiger partial charge in [-0.3, -0.25) is 4.99 Å². The number of benzene rings is 1. The highest BCUT2D eigenvalue weighted by atomic mass is 32.2. The first-order chi connectivity index (χ1) is 15.1. The van der Waals surface area contributed by atoms with Crippen molar-refractivity contribution in [3.63, 3.8) is 0 Å². The number of nitrogens with zero attached hydrogens (tertiary/aromatic N) is 2. The van der Waals surface area contributed by atoms with E-state index in [0.717, 1.165) is 61.4 Å². The van der Waals surface area contributed by atoms with E-state index in [9.17, 15) is 0 Å². The Morgan fingerprint density at radius 2 is 1.97 bits per heavy atom. The van der Waals surface area contributed by atoms with E-state index in [1.54, 1.807) is 5.56 Å². The number of nitrogens with two attached hydrogens (primary N) is 1. The molecule has 5 heteroatoms. The van der Waals surface area contributed by atoms with Crippen LogP contribution >= 0.6 is 11.8 Å². The topological polar surface area (TPSA) is 74.6 Å². The van der Waals surface area contributed by atoms with E-state index in [0.29, 0.717) is 24.1 Å². The van der Waals surface area contributed by atoms with Crippen molar-refractivity contribution in [1.29, 1.82) is 5.41 Å². The minimum atomic E-state index is 0.337. The molecule has 31 heavy (non-hydrogen) atoms. The highest BCUT2D eigenvalue weighted by Crippen LogP contribution is 2.38. The van der Waals surface area contributed by atoms with Crippen molar-refractivity contribution in [2.24, 2.45) is 27.6 Å². The Kier molecular flexibility index (Phi) is 7.44. The highest BCUT2D eigenvalue weighted by Gasteiger charge is 2.28. The zero-order valence-electron chi connectivity index (χ0n) is 19.0. The SMILES string of the molecule is CCc1cc2c(cc1SC1=NC3=C(N=CC(CC)CC3=N)C(CCCN)CC1)CCC2. The molecule has 1 aromatic rings. The summed E-state index contributed by atoms with van der Waals surface area (Å²) >= 11 is 1.83. The van der Waals surface area contributed by atoms with Crippen molar-refractivity contribution in [2.45, 2.75) is 83.0 Å². The van der Waals surface area contributed by atoms with Gasteiger partial charge in [-0.15, -0.1) is 0 Å². The first-order valence-electron chi connectivity index (χ1n) is 12.1. The number of aryl methyl sites for hydroxylation is 3. The van der Waals surface area contributed by atoms with Gasteiger partial charge in [0.25, 0.3) is 0 Å². The summed E-state index contributed by atoms with van der Waals surface area (Å²) in [5, 5.41) is 9.96. The molecule has 0 saturated heterocycles. The molecule has 0 aromatic heterocycles. The minimum absolute atomic E-state index is 0.337. The van der Waals surface area contributed by atoms with E-state index < -0.39 is 0 Å². The standard InChI is InChI=1S/C26H36N4S/c1-3-17-13-22(28)26-25(29-16-17)19(9-6-12-27)10-11-24(30-26)31-23-15-21-8-5-7-20(21)14-18(23)4-2/h14-17,19,28H,3-13,27H2,1-2H3. The fraction of sp³-hybridized carbons (Fsp3) is 0.577. The van der Waals surface area contributed by atoms with Crippen molar-refractivity contribution >= 4 is 28.7 Å².